The van der Waals surface area contributed by atoms with Crippen LogP contribution in [0.4, 0.5) is 5.95 Å². The van der Waals surface area contributed by atoms with Crippen LogP contribution in [0.15, 0.2) is 9.59 Å². The van der Waals surface area contributed by atoms with Gasteiger partial charge in [-0.05, 0) is 12.8 Å². The zero-order valence-corrected chi connectivity index (χ0v) is 7.16. The van der Waals surface area contributed by atoms with E-state index >= 15 is 0 Å². The monoisotopic (exact) mass is 196 g/mol. The van der Waals surface area contributed by atoms with Crippen LogP contribution in [0.3, 0.4) is 0 Å². The molecule has 0 radical (unpaired) electrons. The standard InChI is InChI=1S/C7H8N4O3/c12-4(3-1-2-3)8-5-9-6(13)11-7(14)10-5/h3H,1-2H2,(H3,8,9,10,11,12,13,14). The van der Waals surface area contributed by atoms with Crippen LogP contribution in [0.25, 0.3) is 0 Å². The van der Waals surface area contributed by atoms with Gasteiger partial charge >= 0.3 is 11.4 Å². The van der Waals surface area contributed by atoms with Gasteiger partial charge < -0.3 is 0 Å². The molecule has 0 bridgehead atoms. The first kappa shape index (κ1) is 8.67. The van der Waals surface area contributed by atoms with E-state index < -0.39 is 11.4 Å². The molecule has 1 heterocycles. The van der Waals surface area contributed by atoms with Crippen molar-refractivity contribution in [1.82, 2.24) is 15.0 Å². The molecule has 1 saturated carbocycles. The van der Waals surface area contributed by atoms with Crippen LogP contribution >= 0.6 is 0 Å². The molecule has 7 heteroatoms. The van der Waals surface area contributed by atoms with Gasteiger partial charge in [0.25, 0.3) is 0 Å². The largest absolute Gasteiger partial charge is 0.352 e. The van der Waals surface area contributed by atoms with E-state index in [1.54, 1.807) is 0 Å². The lowest BCUT2D eigenvalue weighted by Crippen LogP contribution is -2.28. The van der Waals surface area contributed by atoms with E-state index in [4.69, 9.17) is 0 Å². The second-order valence-corrected chi connectivity index (χ2v) is 3.11. The average Bonchev–Trinajstić information content (AvgIpc) is 2.82. The number of amides is 1. The molecule has 0 saturated heterocycles. The zero-order chi connectivity index (χ0) is 10.1. The summed E-state index contributed by atoms with van der Waals surface area (Å²) in [6.45, 7) is 0. The summed E-state index contributed by atoms with van der Waals surface area (Å²) in [7, 11) is 0. The molecule has 3 N–H and O–H groups in total. The van der Waals surface area contributed by atoms with Gasteiger partial charge in [0.05, 0.1) is 0 Å². The maximum atomic E-state index is 11.2. The number of aromatic nitrogens is 3. The van der Waals surface area contributed by atoms with Crippen molar-refractivity contribution in [3.63, 3.8) is 0 Å². The molecule has 0 aliphatic heterocycles. The lowest BCUT2D eigenvalue weighted by molar-refractivity contribution is -0.117. The summed E-state index contributed by atoms with van der Waals surface area (Å²) in [4.78, 5) is 40.2. The van der Waals surface area contributed by atoms with E-state index in [9.17, 15) is 14.4 Å². The van der Waals surface area contributed by atoms with Crippen molar-refractivity contribution < 1.29 is 4.79 Å². The minimum Gasteiger partial charge on any atom is -0.296 e. The number of hydrogen-bond acceptors (Lipinski definition) is 4. The molecule has 1 aromatic heterocycles. The molecule has 2 rings (SSSR count). The average molecular weight is 196 g/mol. The summed E-state index contributed by atoms with van der Waals surface area (Å²) >= 11 is 0. The van der Waals surface area contributed by atoms with Crippen molar-refractivity contribution in [3.8, 4) is 0 Å². The number of nitrogens with zero attached hydrogens (tertiary/aromatic N) is 1. The highest BCUT2D eigenvalue weighted by Crippen LogP contribution is 2.29. The fourth-order valence-corrected chi connectivity index (χ4v) is 1.02. The Morgan fingerprint density at radius 1 is 1.36 bits per heavy atom. The Bertz CT molecular complexity index is 442. The third-order valence-electron chi connectivity index (χ3n) is 1.86. The summed E-state index contributed by atoms with van der Waals surface area (Å²) in [5.41, 5.74) is -1.46. The van der Waals surface area contributed by atoms with Crippen molar-refractivity contribution in [2.75, 3.05) is 5.32 Å². The highest BCUT2D eigenvalue weighted by molar-refractivity contribution is 5.92. The van der Waals surface area contributed by atoms with Gasteiger partial charge in [0, 0.05) is 5.92 Å². The Kier molecular flexibility index (Phi) is 1.91. The van der Waals surface area contributed by atoms with Gasteiger partial charge in [-0.3, -0.25) is 20.1 Å². The summed E-state index contributed by atoms with van der Waals surface area (Å²) < 4.78 is 0. The Labute approximate surface area is 77.6 Å². The maximum absolute atomic E-state index is 11.2. The number of rotatable bonds is 2. The van der Waals surface area contributed by atoms with E-state index in [-0.39, 0.29) is 17.8 Å². The normalized spacial score (nSPS) is 15.1. The van der Waals surface area contributed by atoms with Gasteiger partial charge in [-0.15, -0.1) is 0 Å². The molecule has 1 aliphatic carbocycles. The first-order chi connectivity index (χ1) is 6.65. The van der Waals surface area contributed by atoms with Crippen LogP contribution in [0.5, 0.6) is 0 Å². The molecule has 1 amide bonds. The van der Waals surface area contributed by atoms with Gasteiger partial charge in [-0.2, -0.15) is 4.98 Å². The van der Waals surface area contributed by atoms with Gasteiger partial charge in [0.15, 0.2) is 0 Å². The minimum absolute atomic E-state index is 0.000380. The van der Waals surface area contributed by atoms with E-state index in [1.165, 1.54) is 0 Å². The molecule has 0 aromatic carbocycles. The molecular weight excluding hydrogens is 188 g/mol. The SMILES string of the molecule is O=C(Nc1nc(=O)[nH]c(=O)[nH]1)C1CC1. The van der Waals surface area contributed by atoms with Crippen LogP contribution < -0.4 is 16.7 Å². The van der Waals surface area contributed by atoms with Crippen LogP contribution in [-0.2, 0) is 4.79 Å². The Morgan fingerprint density at radius 2 is 2.07 bits per heavy atom. The van der Waals surface area contributed by atoms with Crippen molar-refractivity contribution in [2.24, 2.45) is 5.92 Å². The van der Waals surface area contributed by atoms with Crippen molar-refractivity contribution >= 4 is 11.9 Å². The van der Waals surface area contributed by atoms with Crippen LogP contribution in [0, 0.1) is 5.92 Å². The lowest BCUT2D eigenvalue weighted by Gasteiger charge is -2.00. The molecule has 0 atom stereocenters. The fraction of sp³-hybridized carbons (Fsp3) is 0.429. The highest BCUT2D eigenvalue weighted by atomic mass is 16.2. The zero-order valence-electron chi connectivity index (χ0n) is 7.16. The molecule has 14 heavy (non-hydrogen) atoms. The molecule has 1 fully saturated rings. The Hall–Kier alpha value is -1.92. The summed E-state index contributed by atoms with van der Waals surface area (Å²) in [6.07, 6.45) is 1.69. The van der Waals surface area contributed by atoms with Crippen LogP contribution in [0.2, 0.25) is 0 Å². The number of carbonyl (C=O) groups excluding carboxylic acids is 1. The first-order valence-corrected chi connectivity index (χ1v) is 4.16. The van der Waals surface area contributed by atoms with Gasteiger partial charge in [0.2, 0.25) is 11.9 Å². The third-order valence-corrected chi connectivity index (χ3v) is 1.86. The van der Waals surface area contributed by atoms with Crippen molar-refractivity contribution in [2.45, 2.75) is 12.8 Å². The third kappa shape index (κ3) is 1.87. The smallest absolute Gasteiger partial charge is 0.296 e. The molecule has 0 spiro atoms. The minimum atomic E-state index is -0.778. The van der Waals surface area contributed by atoms with E-state index in [1.807, 2.05) is 4.98 Å². The predicted octanol–water partition coefficient (Wildman–Crippen LogP) is -1.19. The van der Waals surface area contributed by atoms with Crippen molar-refractivity contribution in [1.29, 1.82) is 0 Å². The van der Waals surface area contributed by atoms with Gasteiger partial charge in [0.1, 0.15) is 0 Å². The van der Waals surface area contributed by atoms with Crippen molar-refractivity contribution in [3.05, 3.63) is 21.0 Å². The topological polar surface area (TPSA) is 108 Å². The Balaban J connectivity index is 2.19. The van der Waals surface area contributed by atoms with E-state index in [2.05, 4.69) is 15.3 Å². The van der Waals surface area contributed by atoms with Gasteiger partial charge in [-0.25, -0.2) is 9.59 Å². The van der Waals surface area contributed by atoms with Crippen LogP contribution in [0.1, 0.15) is 12.8 Å². The highest BCUT2D eigenvalue weighted by Gasteiger charge is 2.29. The summed E-state index contributed by atoms with van der Waals surface area (Å²) in [5, 5.41) is 2.36. The first-order valence-electron chi connectivity index (χ1n) is 4.16. The maximum Gasteiger partial charge on any atom is 0.352 e. The Morgan fingerprint density at radius 3 is 2.64 bits per heavy atom. The number of nitrogens with one attached hydrogen (secondary N) is 3. The van der Waals surface area contributed by atoms with E-state index in [0.29, 0.717) is 0 Å². The second-order valence-electron chi connectivity index (χ2n) is 3.11. The molecule has 0 unspecified atom stereocenters. The van der Waals surface area contributed by atoms with Gasteiger partial charge in [-0.1, -0.05) is 0 Å². The van der Waals surface area contributed by atoms with E-state index in [0.717, 1.165) is 12.8 Å². The number of anilines is 1. The summed E-state index contributed by atoms with van der Waals surface area (Å²) in [6, 6.07) is 0. The fourth-order valence-electron chi connectivity index (χ4n) is 1.02. The molecule has 7 nitrogen and oxygen atoms in total. The number of aromatic amines is 2. The summed E-state index contributed by atoms with van der Waals surface area (Å²) in [5.74, 6) is -0.311. The molecular formula is C7H8N4O3. The molecule has 1 aliphatic rings. The molecule has 1 aromatic rings. The quantitative estimate of drug-likeness (QED) is 0.552. The number of hydrogen-bond donors (Lipinski definition) is 3. The number of H-pyrrole nitrogens is 2. The van der Waals surface area contributed by atoms with Crippen LogP contribution in [-0.4, -0.2) is 20.9 Å². The molecule has 74 valence electrons. The lowest BCUT2D eigenvalue weighted by atomic mass is 10.4. The predicted molar refractivity (Wildman–Crippen MR) is 46.8 cm³/mol. The number of carbonyl (C=O) groups is 1. The second kappa shape index (κ2) is 3.09.